The Bertz CT molecular complexity index is 1070. The van der Waals surface area contributed by atoms with Gasteiger partial charge in [-0.2, -0.15) is 0 Å². The molecule has 3 aromatic heterocycles. The fraction of sp³-hybridized carbons (Fsp3) is 0.0667. The van der Waals surface area contributed by atoms with Crippen LogP contribution in [0.4, 0.5) is 0 Å². The summed E-state index contributed by atoms with van der Waals surface area (Å²) in [6.07, 6.45) is 3.29. The van der Waals surface area contributed by atoms with Crippen molar-refractivity contribution in [2.24, 2.45) is 7.05 Å². The highest BCUT2D eigenvalue weighted by molar-refractivity contribution is 6.31. The number of halogens is 1. The number of rotatable bonds is 1. The third kappa shape index (κ3) is 1.74. The number of nitrogens with zero attached hydrogens (tertiary/aromatic N) is 5. The molecule has 6 nitrogen and oxygen atoms in total. The SMILES string of the molecule is Cn1nnc2c(=O)n(-c3cccnc3)c3cc(Cl)ccc3c21. The van der Waals surface area contributed by atoms with Crippen LogP contribution in [0, 0.1) is 0 Å². The number of aryl methyl sites for hydroxylation is 1. The van der Waals surface area contributed by atoms with E-state index < -0.39 is 0 Å². The predicted octanol–water partition coefficient (Wildman–Crippen LogP) is 2.32. The Balaban J connectivity index is 2.30. The maximum Gasteiger partial charge on any atom is 0.285 e. The normalized spacial score (nSPS) is 11.4. The van der Waals surface area contributed by atoms with Crippen molar-refractivity contribution in [2.45, 2.75) is 0 Å². The number of benzene rings is 1. The first-order valence-electron chi connectivity index (χ1n) is 6.61. The van der Waals surface area contributed by atoms with E-state index in [0.717, 1.165) is 5.39 Å². The Morgan fingerprint density at radius 2 is 2.09 bits per heavy atom. The molecule has 0 saturated heterocycles. The standard InChI is InChI=1S/C15H10ClN5O/c1-20-14-11-5-4-9(16)7-12(11)21(10-3-2-6-17-8-10)15(22)13(14)18-19-20/h2-8H,1H3. The molecule has 7 heteroatoms. The molecule has 0 spiro atoms. The Labute approximate surface area is 129 Å². The largest absolute Gasteiger partial charge is 0.285 e. The fourth-order valence-electron chi connectivity index (χ4n) is 2.65. The Morgan fingerprint density at radius 1 is 1.23 bits per heavy atom. The molecule has 0 N–H and O–H groups in total. The van der Waals surface area contributed by atoms with E-state index in [4.69, 9.17) is 11.6 Å². The zero-order chi connectivity index (χ0) is 15.3. The maximum absolute atomic E-state index is 12.8. The molecule has 0 amide bonds. The monoisotopic (exact) mass is 311 g/mol. The first-order valence-corrected chi connectivity index (χ1v) is 6.98. The summed E-state index contributed by atoms with van der Waals surface area (Å²) in [5, 5.41) is 9.38. The number of hydrogen-bond acceptors (Lipinski definition) is 4. The summed E-state index contributed by atoms with van der Waals surface area (Å²) in [5.74, 6) is 0. The minimum absolute atomic E-state index is 0.245. The van der Waals surface area contributed by atoms with Crippen LogP contribution < -0.4 is 5.56 Å². The van der Waals surface area contributed by atoms with Gasteiger partial charge in [0.2, 0.25) is 0 Å². The van der Waals surface area contributed by atoms with Gasteiger partial charge in [0.1, 0.15) is 5.52 Å². The summed E-state index contributed by atoms with van der Waals surface area (Å²) in [5.41, 5.74) is 2.12. The van der Waals surface area contributed by atoms with Crippen LogP contribution in [0.25, 0.3) is 27.6 Å². The second-order valence-electron chi connectivity index (χ2n) is 4.92. The lowest BCUT2D eigenvalue weighted by Crippen LogP contribution is -2.19. The van der Waals surface area contributed by atoms with E-state index in [1.54, 1.807) is 46.9 Å². The van der Waals surface area contributed by atoms with E-state index in [9.17, 15) is 4.79 Å². The van der Waals surface area contributed by atoms with Gasteiger partial charge in [0, 0.05) is 23.7 Å². The lowest BCUT2D eigenvalue weighted by Gasteiger charge is -2.11. The lowest BCUT2D eigenvalue weighted by atomic mass is 10.1. The highest BCUT2D eigenvalue weighted by Gasteiger charge is 2.16. The molecule has 0 aliphatic heterocycles. The van der Waals surface area contributed by atoms with Crippen molar-refractivity contribution in [1.29, 1.82) is 0 Å². The zero-order valence-corrected chi connectivity index (χ0v) is 12.3. The van der Waals surface area contributed by atoms with E-state index in [2.05, 4.69) is 15.3 Å². The van der Waals surface area contributed by atoms with Crippen molar-refractivity contribution in [2.75, 3.05) is 0 Å². The van der Waals surface area contributed by atoms with Gasteiger partial charge in [0.05, 0.1) is 17.4 Å². The number of aromatic nitrogens is 5. The Hall–Kier alpha value is -2.73. The third-order valence-corrected chi connectivity index (χ3v) is 3.83. The molecule has 4 rings (SSSR count). The van der Waals surface area contributed by atoms with Crippen LogP contribution in [-0.2, 0) is 7.05 Å². The van der Waals surface area contributed by atoms with Crippen LogP contribution in [0.15, 0.2) is 47.5 Å². The van der Waals surface area contributed by atoms with Crippen molar-refractivity contribution >= 4 is 33.5 Å². The topological polar surface area (TPSA) is 65.6 Å². The molecular formula is C15H10ClN5O. The van der Waals surface area contributed by atoms with Gasteiger partial charge in [-0.1, -0.05) is 16.8 Å². The average Bonchev–Trinajstić information content (AvgIpc) is 2.91. The molecule has 0 radical (unpaired) electrons. The van der Waals surface area contributed by atoms with Crippen LogP contribution >= 0.6 is 11.6 Å². The quantitative estimate of drug-likeness (QED) is 0.541. The summed E-state index contributed by atoms with van der Waals surface area (Å²) in [7, 11) is 1.76. The fourth-order valence-corrected chi connectivity index (χ4v) is 2.82. The van der Waals surface area contributed by atoms with Crippen LogP contribution in [0.2, 0.25) is 5.02 Å². The molecule has 0 fully saturated rings. The Morgan fingerprint density at radius 3 is 2.86 bits per heavy atom. The predicted molar refractivity (Wildman–Crippen MR) is 84.4 cm³/mol. The van der Waals surface area contributed by atoms with Gasteiger partial charge in [-0.05, 0) is 30.3 Å². The van der Waals surface area contributed by atoms with Crippen LogP contribution in [0.5, 0.6) is 0 Å². The molecule has 0 aliphatic rings. The number of fused-ring (bicyclic) bond motifs is 3. The van der Waals surface area contributed by atoms with Gasteiger partial charge in [0.15, 0.2) is 5.52 Å². The van der Waals surface area contributed by atoms with E-state index in [1.165, 1.54) is 0 Å². The van der Waals surface area contributed by atoms with Crippen LogP contribution in [0.3, 0.4) is 0 Å². The van der Waals surface area contributed by atoms with Crippen LogP contribution in [-0.4, -0.2) is 24.5 Å². The first kappa shape index (κ1) is 13.0. The van der Waals surface area contributed by atoms with Gasteiger partial charge < -0.3 is 0 Å². The van der Waals surface area contributed by atoms with Gasteiger partial charge in [-0.15, -0.1) is 5.10 Å². The summed E-state index contributed by atoms with van der Waals surface area (Å²) < 4.78 is 3.16. The maximum atomic E-state index is 12.8. The molecule has 22 heavy (non-hydrogen) atoms. The highest BCUT2D eigenvalue weighted by Crippen LogP contribution is 2.25. The van der Waals surface area contributed by atoms with Crippen molar-refractivity contribution in [1.82, 2.24) is 24.5 Å². The highest BCUT2D eigenvalue weighted by atomic mass is 35.5. The van der Waals surface area contributed by atoms with Gasteiger partial charge in [-0.25, -0.2) is 4.68 Å². The minimum atomic E-state index is -0.245. The van der Waals surface area contributed by atoms with Crippen molar-refractivity contribution in [3.05, 3.63) is 58.1 Å². The van der Waals surface area contributed by atoms with Crippen molar-refractivity contribution < 1.29 is 0 Å². The van der Waals surface area contributed by atoms with E-state index in [1.807, 2.05) is 12.1 Å². The number of pyridine rings is 2. The molecule has 0 aliphatic carbocycles. The molecule has 3 heterocycles. The van der Waals surface area contributed by atoms with Gasteiger partial charge in [-0.3, -0.25) is 14.3 Å². The molecule has 4 aromatic rings. The molecule has 0 bridgehead atoms. The molecule has 108 valence electrons. The second-order valence-corrected chi connectivity index (χ2v) is 5.36. The molecular weight excluding hydrogens is 302 g/mol. The second kappa shape index (κ2) is 4.64. The molecule has 1 aromatic carbocycles. The Kier molecular flexibility index (Phi) is 2.74. The smallest absolute Gasteiger partial charge is 0.273 e. The van der Waals surface area contributed by atoms with Gasteiger partial charge in [0.25, 0.3) is 5.56 Å². The first-order chi connectivity index (χ1) is 10.7. The van der Waals surface area contributed by atoms with Gasteiger partial charge >= 0.3 is 0 Å². The third-order valence-electron chi connectivity index (χ3n) is 3.59. The summed E-state index contributed by atoms with van der Waals surface area (Å²) in [6.45, 7) is 0. The van der Waals surface area contributed by atoms with E-state index in [0.29, 0.717) is 27.3 Å². The van der Waals surface area contributed by atoms with Crippen molar-refractivity contribution in [3.8, 4) is 5.69 Å². The summed E-state index contributed by atoms with van der Waals surface area (Å²) >= 11 is 6.13. The number of hydrogen-bond donors (Lipinski definition) is 0. The average molecular weight is 312 g/mol. The van der Waals surface area contributed by atoms with E-state index >= 15 is 0 Å². The van der Waals surface area contributed by atoms with Crippen molar-refractivity contribution in [3.63, 3.8) is 0 Å². The molecule has 0 saturated carbocycles. The molecule has 0 atom stereocenters. The van der Waals surface area contributed by atoms with Crippen LogP contribution in [0.1, 0.15) is 0 Å². The summed E-state index contributed by atoms with van der Waals surface area (Å²) in [4.78, 5) is 16.9. The summed E-state index contributed by atoms with van der Waals surface area (Å²) in [6, 6.07) is 9.01. The minimum Gasteiger partial charge on any atom is -0.273 e. The molecule has 0 unspecified atom stereocenters. The zero-order valence-electron chi connectivity index (χ0n) is 11.6. The lowest BCUT2D eigenvalue weighted by molar-refractivity contribution is 0.738. The van der Waals surface area contributed by atoms with E-state index in [-0.39, 0.29) is 5.56 Å².